The number of methoxy groups -OCH3 is 1. The van der Waals surface area contributed by atoms with Crippen LogP contribution in [0.25, 0.3) is 16.8 Å². The molecule has 4 rings (SSSR count). The van der Waals surface area contributed by atoms with Crippen molar-refractivity contribution in [3.05, 3.63) is 105 Å². The second kappa shape index (κ2) is 11.2. The molecule has 7 heteroatoms. The number of aryl methyl sites for hydroxylation is 1. The molecule has 0 aliphatic carbocycles. The fourth-order valence-electron chi connectivity index (χ4n) is 3.82. The number of fused-ring (bicyclic) bond motifs is 1. The van der Waals surface area contributed by atoms with Crippen molar-refractivity contribution in [2.45, 2.75) is 13.5 Å². The van der Waals surface area contributed by atoms with Crippen LogP contribution in [0.5, 0.6) is 11.5 Å². The van der Waals surface area contributed by atoms with Gasteiger partial charge in [0.05, 0.1) is 12.1 Å². The molecule has 36 heavy (non-hydrogen) atoms. The van der Waals surface area contributed by atoms with Gasteiger partial charge in [-0.1, -0.05) is 65.7 Å². The molecule has 0 fully saturated rings. The fraction of sp³-hybridized carbons (Fsp3) is 0.103. The van der Waals surface area contributed by atoms with E-state index in [2.05, 4.69) is 29.6 Å². The Kier molecular flexibility index (Phi) is 7.80. The molecule has 4 aromatic carbocycles. The van der Waals surface area contributed by atoms with E-state index in [1.165, 1.54) is 13.2 Å². The van der Waals surface area contributed by atoms with Gasteiger partial charge in [-0.05, 0) is 65.2 Å². The van der Waals surface area contributed by atoms with Gasteiger partial charge in [0.2, 0.25) is 0 Å². The molecule has 5 nitrogen and oxygen atoms in total. The summed E-state index contributed by atoms with van der Waals surface area (Å²) < 4.78 is 11.6. The summed E-state index contributed by atoms with van der Waals surface area (Å²) in [5.74, 6) is 0.200. The first-order chi connectivity index (χ1) is 17.4. The molecule has 0 spiro atoms. The van der Waals surface area contributed by atoms with Crippen molar-refractivity contribution < 1.29 is 14.3 Å². The second-order valence-electron chi connectivity index (χ2n) is 8.04. The molecule has 0 saturated heterocycles. The van der Waals surface area contributed by atoms with Crippen LogP contribution in [-0.2, 0) is 11.4 Å². The zero-order chi connectivity index (χ0) is 25.7. The van der Waals surface area contributed by atoms with Crippen LogP contribution < -0.4 is 14.8 Å². The number of nitrogens with one attached hydrogen (secondary N) is 1. The fourth-order valence-corrected chi connectivity index (χ4v) is 4.29. The van der Waals surface area contributed by atoms with Gasteiger partial charge < -0.3 is 14.8 Å². The maximum Gasteiger partial charge on any atom is 0.266 e. The van der Waals surface area contributed by atoms with Crippen LogP contribution >= 0.6 is 23.2 Å². The Morgan fingerprint density at radius 2 is 1.86 bits per heavy atom. The van der Waals surface area contributed by atoms with E-state index in [4.69, 9.17) is 32.7 Å². The molecule has 0 aliphatic heterocycles. The minimum atomic E-state index is -0.568. The first-order valence-corrected chi connectivity index (χ1v) is 11.8. The van der Waals surface area contributed by atoms with Crippen LogP contribution in [0.1, 0.15) is 16.7 Å². The number of nitrogens with zero attached hydrogens (tertiary/aromatic N) is 1. The Morgan fingerprint density at radius 1 is 1.06 bits per heavy atom. The number of halogens is 2. The molecule has 0 atom stereocenters. The summed E-state index contributed by atoms with van der Waals surface area (Å²) in [6.45, 7) is 2.33. The number of carbonyl (C=O) groups excluding carboxylic acids is 1. The zero-order valence-corrected chi connectivity index (χ0v) is 21.2. The van der Waals surface area contributed by atoms with Crippen molar-refractivity contribution in [3.63, 3.8) is 0 Å². The summed E-state index contributed by atoms with van der Waals surface area (Å²) in [6, 6.07) is 24.2. The number of nitriles is 1. The number of ether oxygens (including phenoxy) is 2. The van der Waals surface area contributed by atoms with E-state index >= 15 is 0 Å². The van der Waals surface area contributed by atoms with Gasteiger partial charge in [-0.3, -0.25) is 4.79 Å². The standard InChI is InChI=1S/C29H22Cl2N2O3/c1-18-10-11-20-6-3-4-9-24(20)25(18)17-36-28-26(31)13-19(14-27(28)35-2)12-21(16-32)29(34)33-23-8-5-7-22(30)15-23/h3-15H,17H2,1-2H3,(H,33,34)/b21-12+. The van der Waals surface area contributed by atoms with Crippen LogP contribution in [-0.4, -0.2) is 13.0 Å². The van der Waals surface area contributed by atoms with Gasteiger partial charge in [0.1, 0.15) is 18.2 Å². The summed E-state index contributed by atoms with van der Waals surface area (Å²) in [6.07, 6.45) is 1.44. The highest BCUT2D eigenvalue weighted by Gasteiger charge is 2.16. The van der Waals surface area contributed by atoms with Crippen molar-refractivity contribution in [1.29, 1.82) is 5.26 Å². The third-order valence-electron chi connectivity index (χ3n) is 5.65. The zero-order valence-electron chi connectivity index (χ0n) is 19.6. The second-order valence-corrected chi connectivity index (χ2v) is 8.88. The summed E-state index contributed by atoms with van der Waals surface area (Å²) in [7, 11) is 1.51. The van der Waals surface area contributed by atoms with Crippen molar-refractivity contribution in [2.75, 3.05) is 12.4 Å². The Labute approximate surface area is 219 Å². The predicted molar refractivity (Wildman–Crippen MR) is 145 cm³/mol. The number of amides is 1. The van der Waals surface area contributed by atoms with Gasteiger partial charge in [-0.2, -0.15) is 5.26 Å². The Balaban J connectivity index is 1.59. The van der Waals surface area contributed by atoms with Gasteiger partial charge >= 0.3 is 0 Å². The van der Waals surface area contributed by atoms with Crippen LogP contribution in [0.4, 0.5) is 5.69 Å². The monoisotopic (exact) mass is 516 g/mol. The van der Waals surface area contributed by atoms with Crippen LogP contribution in [0.2, 0.25) is 10.0 Å². The first kappa shape index (κ1) is 25.1. The van der Waals surface area contributed by atoms with E-state index in [9.17, 15) is 10.1 Å². The average molecular weight is 517 g/mol. The van der Waals surface area contributed by atoms with Gasteiger partial charge in [-0.25, -0.2) is 0 Å². The third kappa shape index (κ3) is 5.63. The van der Waals surface area contributed by atoms with Gasteiger partial charge in [0.15, 0.2) is 11.5 Å². The van der Waals surface area contributed by atoms with Crippen molar-refractivity contribution >= 4 is 51.6 Å². The topological polar surface area (TPSA) is 71.3 Å². The molecule has 1 N–H and O–H groups in total. The van der Waals surface area contributed by atoms with Gasteiger partial charge in [0.25, 0.3) is 5.91 Å². The summed E-state index contributed by atoms with van der Waals surface area (Å²) in [5, 5.41) is 15.2. The van der Waals surface area contributed by atoms with Crippen LogP contribution in [0.15, 0.2) is 78.4 Å². The molecule has 180 valence electrons. The molecule has 0 bridgehead atoms. The molecule has 0 aromatic heterocycles. The average Bonchev–Trinajstić information content (AvgIpc) is 2.87. The molecule has 0 aliphatic rings. The SMILES string of the molecule is COc1cc(/C=C(\C#N)C(=O)Nc2cccc(Cl)c2)cc(Cl)c1OCc1c(C)ccc2ccccc12. The molecule has 4 aromatic rings. The molecule has 0 unspecified atom stereocenters. The third-order valence-corrected chi connectivity index (χ3v) is 6.16. The minimum absolute atomic E-state index is 0.104. The predicted octanol–water partition coefficient (Wildman–Crippen LogP) is 7.59. The Hall–Kier alpha value is -3.98. The van der Waals surface area contributed by atoms with Crippen molar-refractivity contribution in [3.8, 4) is 17.6 Å². The molecular formula is C29H22Cl2N2O3. The highest BCUT2D eigenvalue weighted by molar-refractivity contribution is 6.32. The number of hydrogen-bond donors (Lipinski definition) is 1. The summed E-state index contributed by atoms with van der Waals surface area (Å²) >= 11 is 12.5. The number of benzene rings is 4. The van der Waals surface area contributed by atoms with E-state index in [0.717, 1.165) is 21.9 Å². The quantitative estimate of drug-likeness (QED) is 0.203. The number of anilines is 1. The lowest BCUT2D eigenvalue weighted by Gasteiger charge is -2.16. The lowest BCUT2D eigenvalue weighted by Crippen LogP contribution is -2.13. The van der Waals surface area contributed by atoms with E-state index < -0.39 is 5.91 Å². The van der Waals surface area contributed by atoms with Crippen molar-refractivity contribution in [2.24, 2.45) is 0 Å². The van der Waals surface area contributed by atoms with E-state index in [0.29, 0.717) is 39.4 Å². The maximum atomic E-state index is 12.6. The number of carbonyl (C=O) groups is 1. The van der Waals surface area contributed by atoms with Gasteiger partial charge in [0, 0.05) is 16.3 Å². The highest BCUT2D eigenvalue weighted by Crippen LogP contribution is 2.38. The Morgan fingerprint density at radius 3 is 2.61 bits per heavy atom. The smallest absolute Gasteiger partial charge is 0.266 e. The number of rotatable bonds is 7. The molecule has 0 radical (unpaired) electrons. The molecule has 0 saturated carbocycles. The molecule has 0 heterocycles. The normalized spacial score (nSPS) is 11.1. The maximum absolute atomic E-state index is 12.6. The van der Waals surface area contributed by atoms with Crippen LogP contribution in [0, 0.1) is 18.3 Å². The summed E-state index contributed by atoms with van der Waals surface area (Å²) in [4.78, 5) is 12.6. The van der Waals surface area contributed by atoms with E-state index in [-0.39, 0.29) is 5.57 Å². The largest absolute Gasteiger partial charge is 0.493 e. The molecular weight excluding hydrogens is 495 g/mol. The number of hydrogen-bond acceptors (Lipinski definition) is 4. The molecule has 1 amide bonds. The lowest BCUT2D eigenvalue weighted by atomic mass is 10.0. The Bertz CT molecular complexity index is 1520. The minimum Gasteiger partial charge on any atom is -0.493 e. The van der Waals surface area contributed by atoms with E-state index in [1.54, 1.807) is 36.4 Å². The van der Waals surface area contributed by atoms with Gasteiger partial charge in [-0.15, -0.1) is 0 Å². The lowest BCUT2D eigenvalue weighted by molar-refractivity contribution is -0.112. The highest BCUT2D eigenvalue weighted by atomic mass is 35.5. The van der Waals surface area contributed by atoms with E-state index in [1.807, 2.05) is 25.1 Å². The van der Waals surface area contributed by atoms with Crippen molar-refractivity contribution in [1.82, 2.24) is 0 Å². The first-order valence-electron chi connectivity index (χ1n) is 11.1. The van der Waals surface area contributed by atoms with Crippen LogP contribution in [0.3, 0.4) is 0 Å². The summed E-state index contributed by atoms with van der Waals surface area (Å²) in [5.41, 5.74) is 3.06.